The Balaban J connectivity index is 2.04. The minimum absolute atomic E-state index is 0.197. The van der Waals surface area contributed by atoms with Gasteiger partial charge >= 0.3 is 0 Å². The van der Waals surface area contributed by atoms with Crippen LogP contribution in [0.5, 0.6) is 0 Å². The summed E-state index contributed by atoms with van der Waals surface area (Å²) in [7, 11) is 0. The van der Waals surface area contributed by atoms with Crippen LogP contribution < -0.4 is 16.6 Å². The van der Waals surface area contributed by atoms with Crippen molar-refractivity contribution in [1.29, 1.82) is 0 Å². The molecular weight excluding hydrogens is 325 g/mol. The lowest BCUT2D eigenvalue weighted by molar-refractivity contribution is 0.0846. The largest absolute Gasteiger partial charge is 0.399 e. The highest BCUT2D eigenvalue weighted by Crippen LogP contribution is 2.20. The summed E-state index contributed by atoms with van der Waals surface area (Å²) in [5.74, 6) is -0.997. The van der Waals surface area contributed by atoms with Gasteiger partial charge in [0.2, 0.25) is 0 Å². The predicted octanol–water partition coefficient (Wildman–Crippen LogP) is 2.96. The van der Waals surface area contributed by atoms with E-state index in [9.17, 15) is 9.59 Å². The van der Waals surface area contributed by atoms with Gasteiger partial charge in [-0.05, 0) is 48.9 Å². The van der Waals surface area contributed by atoms with Gasteiger partial charge in [0, 0.05) is 16.3 Å². The number of aryl methyl sites for hydroxylation is 1. The highest BCUT2D eigenvalue weighted by Gasteiger charge is 2.12. The third-order valence-corrected chi connectivity index (χ3v) is 3.55. The smallest absolute Gasteiger partial charge is 0.271 e. The van der Waals surface area contributed by atoms with Crippen molar-refractivity contribution >= 4 is 40.7 Å². The third kappa shape index (κ3) is 3.69. The van der Waals surface area contributed by atoms with Gasteiger partial charge in [0.05, 0.1) is 10.6 Å². The van der Waals surface area contributed by atoms with E-state index in [1.165, 1.54) is 18.2 Å². The predicted molar refractivity (Wildman–Crippen MR) is 87.0 cm³/mol. The first-order valence-electron chi connectivity index (χ1n) is 6.30. The number of halogens is 2. The number of rotatable bonds is 2. The number of anilines is 1. The molecule has 0 fully saturated rings. The molecule has 2 aromatic rings. The summed E-state index contributed by atoms with van der Waals surface area (Å²) in [6.07, 6.45) is 0. The van der Waals surface area contributed by atoms with E-state index in [4.69, 9.17) is 28.9 Å². The molecule has 0 unspecified atom stereocenters. The van der Waals surface area contributed by atoms with Crippen LogP contribution in [0.15, 0.2) is 36.4 Å². The fourth-order valence-corrected chi connectivity index (χ4v) is 2.24. The Morgan fingerprint density at radius 2 is 1.68 bits per heavy atom. The fraction of sp³-hybridized carbons (Fsp3) is 0.0667. The lowest BCUT2D eigenvalue weighted by Gasteiger charge is -2.09. The maximum absolute atomic E-state index is 12.0. The molecule has 4 N–H and O–H groups in total. The molecule has 0 aliphatic rings. The van der Waals surface area contributed by atoms with E-state index in [1.54, 1.807) is 25.1 Å². The van der Waals surface area contributed by atoms with Gasteiger partial charge in [-0.3, -0.25) is 20.4 Å². The molecule has 0 aromatic heterocycles. The van der Waals surface area contributed by atoms with E-state index in [1.807, 2.05) is 0 Å². The molecule has 2 rings (SSSR count). The maximum Gasteiger partial charge on any atom is 0.271 e. The van der Waals surface area contributed by atoms with Crippen molar-refractivity contribution in [3.8, 4) is 0 Å². The van der Waals surface area contributed by atoms with Crippen LogP contribution in [0, 0.1) is 6.92 Å². The summed E-state index contributed by atoms with van der Waals surface area (Å²) in [5.41, 5.74) is 12.3. The molecule has 0 heterocycles. The van der Waals surface area contributed by atoms with E-state index in [0.717, 1.165) is 5.56 Å². The van der Waals surface area contributed by atoms with E-state index in [2.05, 4.69) is 10.9 Å². The van der Waals surface area contributed by atoms with Gasteiger partial charge in [0.15, 0.2) is 0 Å². The van der Waals surface area contributed by atoms with Crippen molar-refractivity contribution in [2.75, 3.05) is 5.73 Å². The average Bonchev–Trinajstić information content (AvgIpc) is 2.47. The van der Waals surface area contributed by atoms with Crippen LogP contribution in [0.4, 0.5) is 5.69 Å². The molecule has 2 aromatic carbocycles. The zero-order valence-corrected chi connectivity index (χ0v) is 13.1. The molecule has 7 heteroatoms. The Hall–Kier alpha value is -2.24. The van der Waals surface area contributed by atoms with E-state index >= 15 is 0 Å². The highest BCUT2D eigenvalue weighted by atomic mass is 35.5. The Morgan fingerprint density at radius 3 is 2.32 bits per heavy atom. The molecule has 114 valence electrons. The van der Waals surface area contributed by atoms with Gasteiger partial charge in [-0.15, -0.1) is 0 Å². The summed E-state index contributed by atoms with van der Waals surface area (Å²) in [6.45, 7) is 1.79. The minimum atomic E-state index is -0.540. The molecule has 22 heavy (non-hydrogen) atoms. The Bertz CT molecular complexity index is 748. The third-order valence-electron chi connectivity index (χ3n) is 3.00. The van der Waals surface area contributed by atoms with Crippen molar-refractivity contribution in [2.45, 2.75) is 6.92 Å². The van der Waals surface area contributed by atoms with E-state index in [-0.39, 0.29) is 10.6 Å². The van der Waals surface area contributed by atoms with E-state index in [0.29, 0.717) is 16.3 Å². The van der Waals surface area contributed by atoms with Gasteiger partial charge in [0.25, 0.3) is 11.8 Å². The molecule has 5 nitrogen and oxygen atoms in total. The van der Waals surface area contributed by atoms with Crippen LogP contribution in [0.1, 0.15) is 26.3 Å². The molecule has 0 saturated heterocycles. The number of nitrogen functional groups attached to an aromatic ring is 1. The van der Waals surface area contributed by atoms with Crippen molar-refractivity contribution in [1.82, 2.24) is 10.9 Å². The summed E-state index contributed by atoms with van der Waals surface area (Å²) < 4.78 is 0. The number of carbonyl (C=O) groups is 2. The second-order valence-electron chi connectivity index (χ2n) is 4.60. The normalized spacial score (nSPS) is 10.1. The molecule has 0 bridgehead atoms. The molecule has 0 aliphatic carbocycles. The zero-order valence-electron chi connectivity index (χ0n) is 11.6. The Labute approximate surface area is 137 Å². The van der Waals surface area contributed by atoms with Crippen molar-refractivity contribution in [3.63, 3.8) is 0 Å². The van der Waals surface area contributed by atoms with Crippen molar-refractivity contribution < 1.29 is 9.59 Å². The van der Waals surface area contributed by atoms with Gasteiger partial charge in [-0.2, -0.15) is 0 Å². The number of carbonyl (C=O) groups excluding carboxylic acids is 2. The molecule has 0 atom stereocenters. The first-order chi connectivity index (χ1) is 10.4. The molecule has 0 saturated carbocycles. The summed E-state index contributed by atoms with van der Waals surface area (Å²) in [6, 6.07) is 9.28. The van der Waals surface area contributed by atoms with Crippen molar-refractivity contribution in [2.24, 2.45) is 0 Å². The SMILES string of the molecule is Cc1cc(C(=O)NNC(=O)c2ccc(Cl)cc2Cl)ccc1N. The number of hydrogen-bond donors (Lipinski definition) is 3. The number of hydrogen-bond acceptors (Lipinski definition) is 3. The number of hydrazine groups is 1. The van der Waals surface area contributed by atoms with Gasteiger partial charge in [0.1, 0.15) is 0 Å². The van der Waals surface area contributed by atoms with Crippen molar-refractivity contribution in [3.05, 3.63) is 63.1 Å². The molecule has 0 aliphatic heterocycles. The maximum atomic E-state index is 12.0. The number of nitrogens with one attached hydrogen (secondary N) is 2. The van der Waals surface area contributed by atoms with Crippen LogP contribution >= 0.6 is 23.2 Å². The zero-order chi connectivity index (χ0) is 16.3. The molecular formula is C15H13Cl2N3O2. The second kappa shape index (κ2) is 6.68. The number of amides is 2. The second-order valence-corrected chi connectivity index (χ2v) is 5.45. The average molecular weight is 338 g/mol. The molecule has 2 amide bonds. The highest BCUT2D eigenvalue weighted by molar-refractivity contribution is 6.36. The number of benzene rings is 2. The Kier molecular flexibility index (Phi) is 4.90. The monoisotopic (exact) mass is 337 g/mol. The van der Waals surface area contributed by atoms with Crippen LogP contribution in [-0.2, 0) is 0 Å². The van der Waals surface area contributed by atoms with Crippen LogP contribution in [0.2, 0.25) is 10.0 Å². The lowest BCUT2D eigenvalue weighted by atomic mass is 10.1. The minimum Gasteiger partial charge on any atom is -0.399 e. The summed E-state index contributed by atoms with van der Waals surface area (Å²) in [4.78, 5) is 23.9. The lowest BCUT2D eigenvalue weighted by Crippen LogP contribution is -2.41. The van der Waals surface area contributed by atoms with Gasteiger partial charge in [-0.1, -0.05) is 23.2 Å². The van der Waals surface area contributed by atoms with E-state index < -0.39 is 11.8 Å². The summed E-state index contributed by atoms with van der Waals surface area (Å²) >= 11 is 11.7. The topological polar surface area (TPSA) is 84.2 Å². The van der Waals surface area contributed by atoms with Crippen LogP contribution in [0.3, 0.4) is 0 Å². The Morgan fingerprint density at radius 1 is 1.00 bits per heavy atom. The standard InChI is InChI=1S/C15H13Cl2N3O2/c1-8-6-9(2-5-13(8)18)14(21)19-20-15(22)11-4-3-10(16)7-12(11)17/h2-7H,18H2,1H3,(H,19,21)(H,20,22). The number of nitrogens with two attached hydrogens (primary N) is 1. The quantitative estimate of drug-likeness (QED) is 0.581. The van der Waals surface area contributed by atoms with Crippen LogP contribution in [0.25, 0.3) is 0 Å². The molecule has 0 radical (unpaired) electrons. The first kappa shape index (κ1) is 16.1. The first-order valence-corrected chi connectivity index (χ1v) is 7.06. The molecule has 0 spiro atoms. The van der Waals surface area contributed by atoms with Crippen LogP contribution in [-0.4, -0.2) is 11.8 Å². The van der Waals surface area contributed by atoms with Gasteiger partial charge < -0.3 is 5.73 Å². The fourth-order valence-electron chi connectivity index (χ4n) is 1.74. The van der Waals surface area contributed by atoms with Gasteiger partial charge in [-0.25, -0.2) is 0 Å². The summed E-state index contributed by atoms with van der Waals surface area (Å²) in [5, 5.41) is 0.616.